The molecule has 144 valence electrons. The van der Waals surface area contributed by atoms with Gasteiger partial charge in [0.2, 0.25) is 5.91 Å². The number of amides is 1. The lowest BCUT2D eigenvalue weighted by molar-refractivity contribution is -0.128. The summed E-state index contributed by atoms with van der Waals surface area (Å²) >= 11 is 0. The van der Waals surface area contributed by atoms with Crippen molar-refractivity contribution in [3.8, 4) is 0 Å². The smallest absolute Gasteiger partial charge is 0.222 e. The van der Waals surface area contributed by atoms with E-state index in [-0.39, 0.29) is 29.9 Å². The number of nitrogens with zero attached hydrogens (tertiary/aromatic N) is 2. The average molecular weight is 478 g/mol. The van der Waals surface area contributed by atoms with Crippen molar-refractivity contribution >= 4 is 41.5 Å². The Balaban J connectivity index is 0.00000261. The number of likely N-dealkylation sites (tertiary alicyclic amines) is 1. The van der Waals surface area contributed by atoms with Gasteiger partial charge in [0.05, 0.1) is 6.54 Å². The molecular weight excluding hydrogens is 451 g/mol. The van der Waals surface area contributed by atoms with Crippen LogP contribution in [0.25, 0.3) is 0 Å². The Labute approximate surface area is 178 Å². The van der Waals surface area contributed by atoms with Crippen molar-refractivity contribution in [2.75, 3.05) is 11.9 Å². The molecular formula is C21H27IN4O. The van der Waals surface area contributed by atoms with Crippen molar-refractivity contribution in [2.24, 2.45) is 10.7 Å². The van der Waals surface area contributed by atoms with Gasteiger partial charge in [-0.05, 0) is 54.7 Å². The van der Waals surface area contributed by atoms with Gasteiger partial charge in [0.25, 0.3) is 0 Å². The number of benzene rings is 2. The molecule has 0 radical (unpaired) electrons. The molecule has 2 aromatic carbocycles. The number of aliphatic imine (C=N–C) groups is 1. The van der Waals surface area contributed by atoms with E-state index < -0.39 is 0 Å². The fraction of sp³-hybridized carbons (Fsp3) is 0.333. The number of halogens is 1. The molecule has 1 fully saturated rings. The highest BCUT2D eigenvalue weighted by molar-refractivity contribution is 14.0. The van der Waals surface area contributed by atoms with Crippen LogP contribution < -0.4 is 11.1 Å². The molecule has 0 spiro atoms. The summed E-state index contributed by atoms with van der Waals surface area (Å²) in [6.07, 6.45) is 1.61. The van der Waals surface area contributed by atoms with Crippen LogP contribution in [0.5, 0.6) is 0 Å². The summed E-state index contributed by atoms with van der Waals surface area (Å²) in [5.41, 5.74) is 11.6. The fourth-order valence-corrected chi connectivity index (χ4v) is 3.35. The summed E-state index contributed by atoms with van der Waals surface area (Å²) in [6, 6.07) is 14.3. The normalized spacial score (nSPS) is 14.2. The van der Waals surface area contributed by atoms with Gasteiger partial charge in [0.15, 0.2) is 5.96 Å². The predicted molar refractivity (Wildman–Crippen MR) is 121 cm³/mol. The molecule has 0 bridgehead atoms. The van der Waals surface area contributed by atoms with E-state index in [2.05, 4.69) is 36.3 Å². The van der Waals surface area contributed by atoms with Crippen molar-refractivity contribution in [3.05, 3.63) is 64.7 Å². The maximum Gasteiger partial charge on any atom is 0.222 e. The van der Waals surface area contributed by atoms with E-state index in [1.165, 1.54) is 11.1 Å². The number of hydrogen-bond acceptors (Lipinski definition) is 2. The topological polar surface area (TPSA) is 70.7 Å². The van der Waals surface area contributed by atoms with Gasteiger partial charge in [0, 0.05) is 25.2 Å². The minimum absolute atomic E-state index is 0. The number of nitrogens with two attached hydrogens (primary N) is 1. The van der Waals surface area contributed by atoms with Crippen LogP contribution in [0.3, 0.4) is 0 Å². The van der Waals surface area contributed by atoms with Gasteiger partial charge in [-0.25, -0.2) is 4.99 Å². The van der Waals surface area contributed by atoms with Gasteiger partial charge in [-0.2, -0.15) is 0 Å². The Hall–Kier alpha value is -2.09. The van der Waals surface area contributed by atoms with E-state index >= 15 is 0 Å². The monoisotopic (exact) mass is 478 g/mol. The van der Waals surface area contributed by atoms with Crippen LogP contribution in [0.4, 0.5) is 5.69 Å². The van der Waals surface area contributed by atoms with Crippen molar-refractivity contribution in [1.82, 2.24) is 4.90 Å². The number of carbonyl (C=O) groups excluding carboxylic acids is 1. The molecule has 3 N–H and O–H groups in total. The van der Waals surface area contributed by atoms with E-state index in [1.807, 2.05) is 35.2 Å². The molecule has 0 saturated carbocycles. The molecule has 0 aliphatic carbocycles. The molecule has 1 aliphatic heterocycles. The van der Waals surface area contributed by atoms with Gasteiger partial charge in [-0.15, -0.1) is 24.0 Å². The standard InChI is InChI=1S/C21H26N4O.HI/c1-15-10-16(2)12-19(11-15)24-21(22)23-13-17-6-3-4-7-18(17)14-25-9-5-8-20(25)26;/h3-4,6-7,10-12H,5,8-9,13-14H2,1-2H3,(H3,22,23,24);1H. The van der Waals surface area contributed by atoms with Crippen LogP contribution >= 0.6 is 24.0 Å². The average Bonchev–Trinajstić information content (AvgIpc) is 2.98. The first-order valence-corrected chi connectivity index (χ1v) is 9.01. The summed E-state index contributed by atoms with van der Waals surface area (Å²) < 4.78 is 0. The van der Waals surface area contributed by atoms with Crippen LogP contribution in [0.1, 0.15) is 35.1 Å². The summed E-state index contributed by atoms with van der Waals surface area (Å²) in [5, 5.41) is 3.16. The third-order valence-electron chi connectivity index (χ3n) is 4.56. The molecule has 0 aromatic heterocycles. The Morgan fingerprint density at radius 1 is 1.15 bits per heavy atom. The first-order valence-electron chi connectivity index (χ1n) is 9.01. The molecule has 1 aliphatic rings. The number of hydrogen-bond donors (Lipinski definition) is 2. The highest BCUT2D eigenvalue weighted by atomic mass is 127. The van der Waals surface area contributed by atoms with Gasteiger partial charge in [-0.3, -0.25) is 4.79 Å². The van der Waals surface area contributed by atoms with Crippen LogP contribution in [0.2, 0.25) is 0 Å². The molecule has 0 atom stereocenters. The maximum absolute atomic E-state index is 11.9. The lowest BCUT2D eigenvalue weighted by Gasteiger charge is -2.17. The lowest BCUT2D eigenvalue weighted by atomic mass is 10.1. The Kier molecular flexibility index (Phi) is 7.65. The third-order valence-corrected chi connectivity index (χ3v) is 4.56. The van der Waals surface area contributed by atoms with Crippen molar-refractivity contribution in [3.63, 3.8) is 0 Å². The Bertz CT molecular complexity index is 814. The Morgan fingerprint density at radius 3 is 2.44 bits per heavy atom. The Morgan fingerprint density at radius 2 is 1.81 bits per heavy atom. The van der Waals surface area contributed by atoms with Gasteiger partial charge in [0.1, 0.15) is 0 Å². The van der Waals surface area contributed by atoms with Crippen LogP contribution in [-0.4, -0.2) is 23.3 Å². The molecule has 1 amide bonds. The van der Waals surface area contributed by atoms with E-state index in [0.717, 1.165) is 29.8 Å². The second kappa shape index (κ2) is 9.73. The van der Waals surface area contributed by atoms with Crippen LogP contribution in [0, 0.1) is 13.8 Å². The lowest BCUT2D eigenvalue weighted by Crippen LogP contribution is -2.25. The second-order valence-electron chi connectivity index (χ2n) is 6.89. The van der Waals surface area contributed by atoms with Gasteiger partial charge >= 0.3 is 0 Å². The first kappa shape index (κ1) is 21.2. The number of rotatable bonds is 5. The van der Waals surface area contributed by atoms with Crippen LogP contribution in [-0.2, 0) is 17.9 Å². The number of aryl methyl sites for hydroxylation is 2. The quantitative estimate of drug-likeness (QED) is 0.388. The first-order chi connectivity index (χ1) is 12.5. The van der Waals surface area contributed by atoms with Crippen molar-refractivity contribution in [2.45, 2.75) is 39.8 Å². The largest absolute Gasteiger partial charge is 0.370 e. The predicted octanol–water partition coefficient (Wildman–Crippen LogP) is 3.97. The molecule has 1 saturated heterocycles. The highest BCUT2D eigenvalue weighted by Gasteiger charge is 2.20. The number of carbonyl (C=O) groups is 1. The second-order valence-corrected chi connectivity index (χ2v) is 6.89. The summed E-state index contributed by atoms with van der Waals surface area (Å²) in [6.45, 7) is 6.09. The fourth-order valence-electron chi connectivity index (χ4n) is 3.35. The number of anilines is 1. The van der Waals surface area contributed by atoms with Gasteiger partial charge in [-0.1, -0.05) is 30.3 Å². The third kappa shape index (κ3) is 5.95. The van der Waals surface area contributed by atoms with E-state index in [9.17, 15) is 4.79 Å². The van der Waals surface area contributed by atoms with Crippen molar-refractivity contribution in [1.29, 1.82) is 0 Å². The van der Waals surface area contributed by atoms with Crippen molar-refractivity contribution < 1.29 is 4.79 Å². The van der Waals surface area contributed by atoms with E-state index in [0.29, 0.717) is 25.5 Å². The minimum Gasteiger partial charge on any atom is -0.370 e. The minimum atomic E-state index is 0. The summed E-state index contributed by atoms with van der Waals surface area (Å²) in [7, 11) is 0. The van der Waals surface area contributed by atoms with E-state index in [4.69, 9.17) is 5.73 Å². The molecule has 1 heterocycles. The SMILES string of the molecule is Cc1cc(C)cc(NC(N)=NCc2ccccc2CN2CCCC2=O)c1.I. The zero-order chi connectivity index (χ0) is 18.5. The molecule has 6 heteroatoms. The maximum atomic E-state index is 11.9. The molecule has 5 nitrogen and oxygen atoms in total. The molecule has 3 rings (SSSR count). The molecule has 2 aromatic rings. The highest BCUT2D eigenvalue weighted by Crippen LogP contribution is 2.18. The summed E-state index contributed by atoms with van der Waals surface area (Å²) in [5.74, 6) is 0.626. The van der Waals surface area contributed by atoms with Crippen LogP contribution in [0.15, 0.2) is 47.5 Å². The zero-order valence-corrected chi connectivity index (χ0v) is 18.2. The molecule has 27 heavy (non-hydrogen) atoms. The van der Waals surface area contributed by atoms with Gasteiger partial charge < -0.3 is 16.0 Å². The number of guanidine groups is 1. The zero-order valence-electron chi connectivity index (χ0n) is 15.9. The molecule has 0 unspecified atom stereocenters. The van der Waals surface area contributed by atoms with E-state index in [1.54, 1.807) is 0 Å². The number of nitrogens with one attached hydrogen (secondary N) is 1. The summed E-state index contributed by atoms with van der Waals surface area (Å²) in [4.78, 5) is 18.3.